The standard InChI is InChI=1S/C24H28N2O5S/c1-5-30-18-8-6-17(7-9-18)25-15(2)12-19(16(25)3)21(27)13-31-23(29)20-14-32-24(4)11-10-22(28)26(20)24/h6-9,12,20H,5,10-11,13-14H2,1-4H3. The molecule has 0 radical (unpaired) electrons. The highest BCUT2D eigenvalue weighted by Crippen LogP contribution is 2.47. The van der Waals surface area contributed by atoms with Gasteiger partial charge >= 0.3 is 5.97 Å². The van der Waals surface area contributed by atoms with Gasteiger partial charge in [-0.15, -0.1) is 11.8 Å². The highest BCUT2D eigenvalue weighted by atomic mass is 32.2. The van der Waals surface area contributed by atoms with Crippen LogP contribution in [0.5, 0.6) is 5.75 Å². The van der Waals surface area contributed by atoms with E-state index in [1.807, 2.05) is 62.6 Å². The average Bonchev–Trinajstić information content (AvgIpc) is 3.37. The first-order valence-corrected chi connectivity index (χ1v) is 11.8. The Morgan fingerprint density at radius 1 is 1.22 bits per heavy atom. The number of rotatable bonds is 7. The van der Waals surface area contributed by atoms with E-state index in [4.69, 9.17) is 9.47 Å². The zero-order valence-corrected chi connectivity index (χ0v) is 19.7. The van der Waals surface area contributed by atoms with Crippen molar-refractivity contribution in [3.05, 3.63) is 47.3 Å². The SMILES string of the molecule is CCOc1ccc(-n2c(C)cc(C(=O)COC(=O)C3CSC4(C)CCC(=O)N34)c2C)cc1. The molecule has 1 aromatic carbocycles. The number of Topliss-reactive ketones (excluding diaryl/α,β-unsaturated/α-hetero) is 1. The molecule has 0 spiro atoms. The molecule has 2 aliphatic rings. The van der Waals surface area contributed by atoms with Gasteiger partial charge in [-0.1, -0.05) is 0 Å². The molecule has 1 amide bonds. The van der Waals surface area contributed by atoms with Gasteiger partial charge in [0.1, 0.15) is 11.8 Å². The average molecular weight is 457 g/mol. The van der Waals surface area contributed by atoms with Gasteiger partial charge in [0, 0.05) is 34.8 Å². The van der Waals surface area contributed by atoms with Gasteiger partial charge in [-0.2, -0.15) is 0 Å². The molecule has 0 aliphatic carbocycles. The highest BCUT2D eigenvalue weighted by Gasteiger charge is 2.53. The Labute approximate surface area is 192 Å². The van der Waals surface area contributed by atoms with Crippen LogP contribution < -0.4 is 4.74 Å². The van der Waals surface area contributed by atoms with Crippen LogP contribution in [0.2, 0.25) is 0 Å². The van der Waals surface area contributed by atoms with Crippen LogP contribution in [-0.4, -0.2) is 57.0 Å². The second-order valence-corrected chi connectivity index (χ2v) is 9.85. The quantitative estimate of drug-likeness (QED) is 0.467. The maximum Gasteiger partial charge on any atom is 0.330 e. The van der Waals surface area contributed by atoms with Crippen LogP contribution in [0.15, 0.2) is 30.3 Å². The van der Waals surface area contributed by atoms with Crippen LogP contribution in [0.1, 0.15) is 48.4 Å². The van der Waals surface area contributed by atoms with Gasteiger partial charge in [-0.3, -0.25) is 9.59 Å². The van der Waals surface area contributed by atoms with E-state index in [0.717, 1.165) is 29.2 Å². The number of hydrogen-bond donors (Lipinski definition) is 0. The summed E-state index contributed by atoms with van der Waals surface area (Å²) in [4.78, 5) is 39.1. The van der Waals surface area contributed by atoms with Crippen LogP contribution in [0, 0.1) is 13.8 Å². The lowest BCUT2D eigenvalue weighted by atomic mass is 10.1. The first-order chi connectivity index (χ1) is 15.2. The maximum atomic E-state index is 12.9. The molecule has 2 aliphatic heterocycles. The number of esters is 1. The number of carbonyl (C=O) groups excluding carboxylic acids is 3. The molecule has 7 nitrogen and oxygen atoms in total. The lowest BCUT2D eigenvalue weighted by molar-refractivity contribution is -0.152. The largest absolute Gasteiger partial charge is 0.494 e. The molecule has 2 unspecified atom stereocenters. The van der Waals surface area contributed by atoms with E-state index in [0.29, 0.717) is 24.3 Å². The summed E-state index contributed by atoms with van der Waals surface area (Å²) in [6.07, 6.45) is 1.18. The van der Waals surface area contributed by atoms with Gasteiger partial charge in [-0.05, 0) is 64.4 Å². The number of carbonyl (C=O) groups is 3. The topological polar surface area (TPSA) is 77.8 Å². The maximum absolute atomic E-state index is 12.9. The number of ketones is 1. The molecule has 170 valence electrons. The van der Waals surface area contributed by atoms with Gasteiger partial charge in [0.25, 0.3) is 0 Å². The Bertz CT molecular complexity index is 1060. The molecule has 3 heterocycles. The number of hydrogen-bond acceptors (Lipinski definition) is 6. The molecule has 2 atom stereocenters. The predicted molar refractivity (Wildman–Crippen MR) is 122 cm³/mol. The minimum Gasteiger partial charge on any atom is -0.494 e. The van der Waals surface area contributed by atoms with E-state index < -0.39 is 12.0 Å². The van der Waals surface area contributed by atoms with Crippen LogP contribution in [0.25, 0.3) is 5.69 Å². The van der Waals surface area contributed by atoms with Crippen molar-refractivity contribution in [3.8, 4) is 11.4 Å². The molecule has 32 heavy (non-hydrogen) atoms. The molecule has 0 N–H and O–H groups in total. The van der Waals surface area contributed by atoms with Crippen molar-refractivity contribution in [2.45, 2.75) is 51.4 Å². The van der Waals surface area contributed by atoms with Crippen molar-refractivity contribution in [1.82, 2.24) is 9.47 Å². The van der Waals surface area contributed by atoms with Gasteiger partial charge in [-0.25, -0.2) is 4.79 Å². The number of benzene rings is 1. The van der Waals surface area contributed by atoms with E-state index in [1.165, 1.54) is 0 Å². The van der Waals surface area contributed by atoms with E-state index >= 15 is 0 Å². The van der Waals surface area contributed by atoms with E-state index in [1.54, 1.807) is 16.7 Å². The first-order valence-electron chi connectivity index (χ1n) is 10.8. The predicted octanol–water partition coefficient (Wildman–Crippen LogP) is 3.67. The molecular weight excluding hydrogens is 428 g/mol. The van der Waals surface area contributed by atoms with Crippen molar-refractivity contribution in [2.75, 3.05) is 19.0 Å². The van der Waals surface area contributed by atoms with Gasteiger partial charge in [0.2, 0.25) is 11.7 Å². The second kappa shape index (κ2) is 8.65. The van der Waals surface area contributed by atoms with Gasteiger partial charge < -0.3 is 18.9 Å². The smallest absolute Gasteiger partial charge is 0.330 e. The normalized spacial score (nSPS) is 22.2. The fourth-order valence-electron chi connectivity index (χ4n) is 4.61. The highest BCUT2D eigenvalue weighted by molar-refractivity contribution is 8.01. The van der Waals surface area contributed by atoms with Gasteiger partial charge in [0.05, 0.1) is 11.5 Å². The number of amides is 1. The van der Waals surface area contributed by atoms with Crippen LogP contribution in [-0.2, 0) is 14.3 Å². The fourth-order valence-corrected chi connectivity index (χ4v) is 6.02. The first kappa shape index (κ1) is 22.5. The number of aromatic nitrogens is 1. The van der Waals surface area contributed by atoms with Crippen molar-refractivity contribution < 1.29 is 23.9 Å². The summed E-state index contributed by atoms with van der Waals surface area (Å²) in [6, 6.07) is 8.88. The van der Waals surface area contributed by atoms with E-state index in [-0.39, 0.29) is 23.2 Å². The van der Waals surface area contributed by atoms with Crippen LogP contribution in [0.4, 0.5) is 0 Å². The molecule has 2 aromatic rings. The number of fused-ring (bicyclic) bond motifs is 1. The zero-order valence-electron chi connectivity index (χ0n) is 18.8. The number of ether oxygens (including phenoxy) is 2. The van der Waals surface area contributed by atoms with E-state index in [9.17, 15) is 14.4 Å². The summed E-state index contributed by atoms with van der Waals surface area (Å²) >= 11 is 1.60. The van der Waals surface area contributed by atoms with Gasteiger partial charge in [0.15, 0.2) is 6.61 Å². The molecule has 1 aromatic heterocycles. The summed E-state index contributed by atoms with van der Waals surface area (Å²) in [5.41, 5.74) is 3.14. The fraction of sp³-hybridized carbons (Fsp3) is 0.458. The van der Waals surface area contributed by atoms with Crippen LogP contribution in [0.3, 0.4) is 0 Å². The Kier molecular flexibility index (Phi) is 6.07. The lowest BCUT2D eigenvalue weighted by Gasteiger charge is -2.29. The van der Waals surface area contributed by atoms with Crippen molar-refractivity contribution in [2.24, 2.45) is 0 Å². The summed E-state index contributed by atoms with van der Waals surface area (Å²) in [5.74, 6) is 0.501. The monoisotopic (exact) mass is 456 g/mol. The third-order valence-electron chi connectivity index (χ3n) is 6.20. The molecule has 2 saturated heterocycles. The third kappa shape index (κ3) is 3.92. The summed E-state index contributed by atoms with van der Waals surface area (Å²) in [6.45, 7) is 7.99. The van der Waals surface area contributed by atoms with Crippen LogP contribution >= 0.6 is 11.8 Å². The number of thioether (sulfide) groups is 1. The summed E-state index contributed by atoms with van der Waals surface area (Å²) < 4.78 is 12.9. The molecule has 0 saturated carbocycles. The molecule has 4 rings (SSSR count). The molecule has 8 heteroatoms. The second-order valence-electron chi connectivity index (χ2n) is 8.34. The Morgan fingerprint density at radius 2 is 1.94 bits per heavy atom. The van der Waals surface area contributed by atoms with Crippen molar-refractivity contribution in [3.63, 3.8) is 0 Å². The zero-order chi connectivity index (χ0) is 23.0. The Morgan fingerprint density at radius 3 is 2.62 bits per heavy atom. The molecule has 2 fully saturated rings. The molecule has 0 bridgehead atoms. The van der Waals surface area contributed by atoms with E-state index in [2.05, 4.69) is 0 Å². The minimum atomic E-state index is -0.621. The minimum absolute atomic E-state index is 0.0234. The Hall–Kier alpha value is -2.74. The summed E-state index contributed by atoms with van der Waals surface area (Å²) in [7, 11) is 0. The number of nitrogens with zero attached hydrogens (tertiary/aromatic N) is 2. The lowest BCUT2D eigenvalue weighted by Crippen LogP contribution is -2.46. The molecular formula is C24H28N2O5S. The Balaban J connectivity index is 1.45. The van der Waals surface area contributed by atoms with Crippen molar-refractivity contribution in [1.29, 1.82) is 0 Å². The van der Waals surface area contributed by atoms with Crippen molar-refractivity contribution >= 4 is 29.4 Å². The summed E-state index contributed by atoms with van der Waals surface area (Å²) in [5, 5.41) is 0. The third-order valence-corrected chi connectivity index (χ3v) is 7.71. The number of aryl methyl sites for hydroxylation is 1.